The zero-order valence-corrected chi connectivity index (χ0v) is 9.79. The maximum Gasteiger partial charge on any atom is 0.265 e. The van der Waals surface area contributed by atoms with E-state index in [0.29, 0.717) is 0 Å². The Morgan fingerprint density at radius 1 is 1.29 bits per heavy atom. The van der Waals surface area contributed by atoms with Crippen LogP contribution in [0.5, 0.6) is 0 Å². The van der Waals surface area contributed by atoms with Gasteiger partial charge in [0.05, 0.1) is 4.70 Å². The summed E-state index contributed by atoms with van der Waals surface area (Å²) in [5.74, 6) is 0. The van der Waals surface area contributed by atoms with Crippen molar-refractivity contribution in [1.82, 2.24) is 4.98 Å². The summed E-state index contributed by atoms with van der Waals surface area (Å²) < 4.78 is 0.840. The first-order valence-corrected chi connectivity index (χ1v) is 5.59. The van der Waals surface area contributed by atoms with Crippen LogP contribution in [0.4, 0.5) is 0 Å². The van der Waals surface area contributed by atoms with E-state index >= 15 is 0 Å². The summed E-state index contributed by atoms with van der Waals surface area (Å²) in [4.78, 5) is 15.2. The van der Waals surface area contributed by atoms with Gasteiger partial charge in [-0.2, -0.15) is 0 Å². The van der Waals surface area contributed by atoms with E-state index in [1.54, 1.807) is 17.5 Å². The Balaban J connectivity index is 0.000000461. The Kier molecular flexibility index (Phi) is 3.47. The molecule has 0 aliphatic rings. The summed E-state index contributed by atoms with van der Waals surface area (Å²) in [6.07, 6.45) is 1.70. The number of hydrogen-bond acceptors (Lipinski definition) is 2. The Morgan fingerprint density at radius 2 is 1.93 bits per heavy atom. The summed E-state index contributed by atoms with van der Waals surface area (Å²) in [7, 11) is 0. The monoisotopic (exact) mass is 209 g/mol. The van der Waals surface area contributed by atoms with E-state index in [1.807, 2.05) is 33.8 Å². The van der Waals surface area contributed by atoms with Crippen molar-refractivity contribution in [2.24, 2.45) is 0 Å². The molecule has 2 nitrogen and oxygen atoms in total. The van der Waals surface area contributed by atoms with Gasteiger partial charge >= 0.3 is 0 Å². The first-order chi connectivity index (χ1) is 6.70. The molecule has 0 atom stereocenters. The molecule has 3 heteroatoms. The molecule has 0 fully saturated rings. The van der Waals surface area contributed by atoms with Crippen molar-refractivity contribution in [2.75, 3.05) is 0 Å². The van der Waals surface area contributed by atoms with Gasteiger partial charge in [-0.3, -0.25) is 4.79 Å². The minimum absolute atomic E-state index is 0.0219. The zero-order valence-electron chi connectivity index (χ0n) is 8.97. The molecule has 0 saturated heterocycles. The van der Waals surface area contributed by atoms with Crippen molar-refractivity contribution in [2.45, 2.75) is 27.7 Å². The SMILES string of the molecule is CC.Cc1sc2c(=O)[nH]ccc2c1C. The van der Waals surface area contributed by atoms with Gasteiger partial charge in [0.1, 0.15) is 0 Å². The lowest BCUT2D eigenvalue weighted by Gasteiger charge is -1.88. The fourth-order valence-corrected chi connectivity index (χ4v) is 2.33. The van der Waals surface area contributed by atoms with Gasteiger partial charge in [0.15, 0.2) is 0 Å². The third-order valence-corrected chi connectivity index (χ3v) is 3.32. The van der Waals surface area contributed by atoms with Crippen LogP contribution in [0.15, 0.2) is 17.1 Å². The molecule has 2 aromatic heterocycles. The lowest BCUT2D eigenvalue weighted by molar-refractivity contribution is 1.28. The molecule has 1 N–H and O–H groups in total. The molecule has 0 aromatic carbocycles. The molecule has 0 aliphatic carbocycles. The fourth-order valence-electron chi connectivity index (χ4n) is 1.28. The second-order valence-corrected chi connectivity index (χ2v) is 4.06. The topological polar surface area (TPSA) is 32.9 Å². The van der Waals surface area contributed by atoms with Crippen LogP contribution in [-0.4, -0.2) is 4.98 Å². The molecule has 0 spiro atoms. The second-order valence-electron chi connectivity index (χ2n) is 2.83. The molecule has 76 valence electrons. The van der Waals surface area contributed by atoms with Gasteiger partial charge in [-0.15, -0.1) is 11.3 Å². The van der Waals surface area contributed by atoms with E-state index in [0.717, 1.165) is 10.1 Å². The number of H-pyrrole nitrogens is 1. The van der Waals surface area contributed by atoms with Crippen LogP contribution in [0.1, 0.15) is 24.3 Å². The summed E-state index contributed by atoms with van der Waals surface area (Å²) in [6.45, 7) is 8.09. The maximum atomic E-state index is 11.3. The van der Waals surface area contributed by atoms with Gasteiger partial charge < -0.3 is 4.98 Å². The van der Waals surface area contributed by atoms with Crippen LogP contribution in [0.25, 0.3) is 10.1 Å². The lowest BCUT2D eigenvalue weighted by Crippen LogP contribution is -2.01. The van der Waals surface area contributed by atoms with Crippen LogP contribution in [0.2, 0.25) is 0 Å². The molecular weight excluding hydrogens is 194 g/mol. The number of aromatic nitrogens is 1. The Hall–Kier alpha value is -1.09. The smallest absolute Gasteiger partial charge is 0.265 e. The first kappa shape index (κ1) is 11.0. The highest BCUT2D eigenvalue weighted by atomic mass is 32.1. The number of aromatic amines is 1. The number of hydrogen-bond donors (Lipinski definition) is 1. The van der Waals surface area contributed by atoms with Crippen molar-refractivity contribution in [3.63, 3.8) is 0 Å². The standard InChI is InChI=1S/C9H9NOS.C2H6/c1-5-6(2)12-8-7(5)3-4-10-9(8)11;1-2/h3-4H,1-2H3,(H,10,11);1-2H3. The Morgan fingerprint density at radius 3 is 2.50 bits per heavy atom. The zero-order chi connectivity index (χ0) is 10.7. The van der Waals surface area contributed by atoms with Crippen LogP contribution in [0, 0.1) is 13.8 Å². The first-order valence-electron chi connectivity index (χ1n) is 4.77. The predicted molar refractivity (Wildman–Crippen MR) is 63.3 cm³/mol. The van der Waals surface area contributed by atoms with E-state index in [4.69, 9.17) is 0 Å². The molecule has 0 amide bonds. The van der Waals surface area contributed by atoms with Gasteiger partial charge in [0.25, 0.3) is 5.56 Å². The molecule has 0 bridgehead atoms. The van der Waals surface area contributed by atoms with E-state index in [-0.39, 0.29) is 5.56 Å². The van der Waals surface area contributed by atoms with Crippen LogP contribution in [-0.2, 0) is 0 Å². The molecule has 0 saturated carbocycles. The number of fused-ring (bicyclic) bond motifs is 1. The largest absolute Gasteiger partial charge is 0.328 e. The van der Waals surface area contributed by atoms with Crippen molar-refractivity contribution < 1.29 is 0 Å². The van der Waals surface area contributed by atoms with Gasteiger partial charge in [0.2, 0.25) is 0 Å². The van der Waals surface area contributed by atoms with Gasteiger partial charge in [-0.1, -0.05) is 13.8 Å². The second kappa shape index (κ2) is 4.42. The molecule has 2 rings (SSSR count). The summed E-state index contributed by atoms with van der Waals surface area (Å²) in [5.41, 5.74) is 1.25. The number of rotatable bonds is 0. The quantitative estimate of drug-likeness (QED) is 0.710. The van der Waals surface area contributed by atoms with E-state index < -0.39 is 0 Å². The molecule has 2 aromatic rings. The molecule has 0 radical (unpaired) electrons. The fraction of sp³-hybridized carbons (Fsp3) is 0.364. The van der Waals surface area contributed by atoms with Crippen LogP contribution < -0.4 is 5.56 Å². The normalized spacial score (nSPS) is 9.71. The minimum atomic E-state index is 0.0219. The van der Waals surface area contributed by atoms with Crippen LogP contribution in [0.3, 0.4) is 0 Å². The van der Waals surface area contributed by atoms with Crippen molar-refractivity contribution in [1.29, 1.82) is 0 Å². The highest BCUT2D eigenvalue weighted by molar-refractivity contribution is 7.19. The van der Waals surface area contributed by atoms with Gasteiger partial charge in [0, 0.05) is 16.5 Å². The maximum absolute atomic E-state index is 11.3. The summed E-state index contributed by atoms with van der Waals surface area (Å²) in [5, 5.41) is 1.08. The molecule has 0 unspecified atom stereocenters. The van der Waals surface area contributed by atoms with E-state index in [9.17, 15) is 4.79 Å². The number of thiophene rings is 1. The molecular formula is C11H15NOS. The highest BCUT2D eigenvalue weighted by Crippen LogP contribution is 2.26. The number of aryl methyl sites for hydroxylation is 2. The number of pyridine rings is 1. The predicted octanol–water partition coefficient (Wildman–Crippen LogP) is 3.23. The molecule has 14 heavy (non-hydrogen) atoms. The van der Waals surface area contributed by atoms with Gasteiger partial charge in [-0.05, 0) is 25.5 Å². The summed E-state index contributed by atoms with van der Waals surface area (Å²) in [6, 6.07) is 1.95. The van der Waals surface area contributed by atoms with E-state index in [2.05, 4.69) is 4.98 Å². The average Bonchev–Trinajstić information content (AvgIpc) is 2.50. The van der Waals surface area contributed by atoms with Gasteiger partial charge in [-0.25, -0.2) is 0 Å². The summed E-state index contributed by atoms with van der Waals surface area (Å²) >= 11 is 1.56. The lowest BCUT2D eigenvalue weighted by atomic mass is 10.2. The molecule has 2 heterocycles. The average molecular weight is 209 g/mol. The Bertz CT molecular complexity index is 481. The van der Waals surface area contributed by atoms with Crippen LogP contribution >= 0.6 is 11.3 Å². The van der Waals surface area contributed by atoms with E-state index in [1.165, 1.54) is 10.4 Å². The van der Waals surface area contributed by atoms with Crippen molar-refractivity contribution in [3.05, 3.63) is 33.1 Å². The molecule has 0 aliphatic heterocycles. The third kappa shape index (κ3) is 1.73. The van der Waals surface area contributed by atoms with Crippen molar-refractivity contribution in [3.8, 4) is 0 Å². The third-order valence-electron chi connectivity index (χ3n) is 2.10. The van der Waals surface area contributed by atoms with Crippen molar-refractivity contribution >= 4 is 21.4 Å². The minimum Gasteiger partial charge on any atom is -0.328 e. The Labute approximate surface area is 87.6 Å². The highest BCUT2D eigenvalue weighted by Gasteiger charge is 2.06. The number of nitrogens with one attached hydrogen (secondary N) is 1.